The van der Waals surface area contributed by atoms with E-state index in [2.05, 4.69) is 46.3 Å². The largest absolute Gasteiger partial charge is 0.392 e. The number of hydrogen-bond donors (Lipinski definition) is 1. The summed E-state index contributed by atoms with van der Waals surface area (Å²) < 4.78 is 16.2. The van der Waals surface area contributed by atoms with Crippen molar-refractivity contribution in [3.05, 3.63) is 47.6 Å². The Bertz CT molecular complexity index is 732. The number of epoxide rings is 2. The molecule has 2 aliphatic carbocycles. The zero-order valence-electron chi connectivity index (χ0n) is 20.4. The average Bonchev–Trinajstić information content (AvgIpc) is 3.71. The summed E-state index contributed by atoms with van der Waals surface area (Å²) >= 11 is 0. The molecule has 0 radical (unpaired) electrons. The van der Waals surface area contributed by atoms with Crippen LogP contribution in [0, 0.1) is 5.92 Å². The molecule has 5 unspecified atom stereocenters. The summed E-state index contributed by atoms with van der Waals surface area (Å²) in [6, 6.07) is 0.464. The number of aliphatic hydroxyl groups excluding tert-OH is 1. The van der Waals surface area contributed by atoms with Crippen LogP contribution in [-0.2, 0) is 14.2 Å². The van der Waals surface area contributed by atoms with Crippen molar-refractivity contribution in [3.8, 4) is 0 Å². The molecule has 0 aromatic heterocycles. The highest BCUT2D eigenvalue weighted by atomic mass is 16.6. The number of allylic oxidation sites excluding steroid dienone is 4. The predicted octanol–water partition coefficient (Wildman–Crippen LogP) is 2.95. The zero-order chi connectivity index (χ0) is 23.0. The fraction of sp³-hybridized carbons (Fsp3) is 0.704. The Kier molecular flexibility index (Phi) is 9.35. The molecule has 6 nitrogen and oxygen atoms in total. The highest BCUT2D eigenvalue weighted by Gasteiger charge is 2.29. The van der Waals surface area contributed by atoms with Gasteiger partial charge in [-0.05, 0) is 44.1 Å². The molecule has 4 rings (SSSR count). The van der Waals surface area contributed by atoms with E-state index in [9.17, 15) is 5.11 Å². The lowest BCUT2D eigenvalue weighted by atomic mass is 9.87. The van der Waals surface area contributed by atoms with E-state index < -0.39 is 0 Å². The van der Waals surface area contributed by atoms with Gasteiger partial charge < -0.3 is 19.3 Å². The summed E-state index contributed by atoms with van der Waals surface area (Å²) in [4.78, 5) is 4.88. The van der Waals surface area contributed by atoms with Gasteiger partial charge in [-0.1, -0.05) is 42.0 Å². The first-order valence-corrected chi connectivity index (χ1v) is 12.7. The van der Waals surface area contributed by atoms with Crippen molar-refractivity contribution in [1.82, 2.24) is 9.80 Å². The number of methoxy groups -OCH3 is 1. The Morgan fingerprint density at radius 3 is 2.58 bits per heavy atom. The van der Waals surface area contributed by atoms with Crippen LogP contribution in [0.2, 0.25) is 0 Å². The van der Waals surface area contributed by atoms with Crippen molar-refractivity contribution in [2.75, 3.05) is 59.7 Å². The van der Waals surface area contributed by atoms with Gasteiger partial charge in [-0.2, -0.15) is 0 Å². The van der Waals surface area contributed by atoms with E-state index in [1.54, 1.807) is 7.11 Å². The Morgan fingerprint density at radius 1 is 1.12 bits per heavy atom. The van der Waals surface area contributed by atoms with Crippen LogP contribution < -0.4 is 0 Å². The van der Waals surface area contributed by atoms with Crippen LogP contribution in [0.4, 0.5) is 0 Å². The van der Waals surface area contributed by atoms with E-state index in [1.165, 1.54) is 11.1 Å². The van der Waals surface area contributed by atoms with E-state index in [4.69, 9.17) is 14.2 Å². The second-order valence-electron chi connectivity index (χ2n) is 10.1. The molecule has 2 heterocycles. The van der Waals surface area contributed by atoms with Crippen molar-refractivity contribution < 1.29 is 19.3 Å². The number of aliphatic hydroxyl groups is 1. The third-order valence-electron chi connectivity index (χ3n) is 6.77. The first-order chi connectivity index (χ1) is 16.1. The Balaban J connectivity index is 1.27. The minimum atomic E-state index is -0.321. The molecular weight excluding hydrogens is 416 g/mol. The van der Waals surface area contributed by atoms with Gasteiger partial charge in [0, 0.05) is 52.5 Å². The van der Waals surface area contributed by atoms with Gasteiger partial charge in [-0.25, -0.2) is 0 Å². The standard InChI is InChI=1S/C27H42N2O4/c1-21(30)15-28(17-26-19-32-26)16-24-6-3-5-23(14-24)13-22-7-9-25(10-8-22)29(11-4-12-31-2)18-27-20-33-27/h3,6-9,14,21,23,25-27,30H,4-5,10-13,15-20H2,1-2H3. The highest BCUT2D eigenvalue weighted by molar-refractivity contribution is 5.30. The van der Waals surface area contributed by atoms with E-state index >= 15 is 0 Å². The molecule has 184 valence electrons. The maximum Gasteiger partial charge on any atom is 0.0936 e. The number of hydrogen-bond acceptors (Lipinski definition) is 6. The molecule has 0 aromatic rings. The van der Waals surface area contributed by atoms with Gasteiger partial charge in [0.05, 0.1) is 31.5 Å². The summed E-state index contributed by atoms with van der Waals surface area (Å²) in [7, 11) is 1.77. The molecule has 2 aliphatic heterocycles. The Hall–Kier alpha value is -1.28. The summed E-state index contributed by atoms with van der Waals surface area (Å²) in [5.41, 5.74) is 2.81. The minimum Gasteiger partial charge on any atom is -0.392 e. The second-order valence-corrected chi connectivity index (χ2v) is 10.1. The molecule has 4 aliphatic rings. The lowest BCUT2D eigenvalue weighted by molar-refractivity contribution is 0.127. The fourth-order valence-electron chi connectivity index (χ4n) is 4.98. The maximum atomic E-state index is 9.87. The molecular formula is C27H42N2O4. The maximum absolute atomic E-state index is 9.87. The average molecular weight is 459 g/mol. The van der Waals surface area contributed by atoms with Gasteiger partial charge in [0.15, 0.2) is 0 Å². The quantitative estimate of drug-likeness (QED) is 0.301. The van der Waals surface area contributed by atoms with E-state index in [-0.39, 0.29) is 6.10 Å². The van der Waals surface area contributed by atoms with Crippen molar-refractivity contribution in [3.63, 3.8) is 0 Å². The monoisotopic (exact) mass is 458 g/mol. The lowest BCUT2D eigenvalue weighted by Crippen LogP contribution is -2.38. The second kappa shape index (κ2) is 12.4. The smallest absolute Gasteiger partial charge is 0.0936 e. The van der Waals surface area contributed by atoms with Crippen LogP contribution in [0.5, 0.6) is 0 Å². The van der Waals surface area contributed by atoms with E-state index in [1.807, 2.05) is 6.92 Å². The fourth-order valence-corrected chi connectivity index (χ4v) is 4.98. The van der Waals surface area contributed by atoms with Gasteiger partial charge in [-0.3, -0.25) is 9.80 Å². The summed E-state index contributed by atoms with van der Waals surface area (Å²) in [6.45, 7) is 8.99. The van der Waals surface area contributed by atoms with Crippen molar-refractivity contribution in [2.45, 2.75) is 57.0 Å². The van der Waals surface area contributed by atoms with Crippen molar-refractivity contribution in [2.24, 2.45) is 5.92 Å². The third kappa shape index (κ3) is 8.78. The van der Waals surface area contributed by atoms with Gasteiger partial charge in [0.25, 0.3) is 0 Å². The van der Waals surface area contributed by atoms with Crippen molar-refractivity contribution in [1.29, 1.82) is 0 Å². The molecule has 2 fully saturated rings. The first kappa shape index (κ1) is 24.8. The normalized spacial score (nSPS) is 29.4. The summed E-state index contributed by atoms with van der Waals surface area (Å²) in [6.07, 6.45) is 19.0. The molecule has 0 saturated carbocycles. The minimum absolute atomic E-state index is 0.321. The Labute approximate surface area is 199 Å². The van der Waals surface area contributed by atoms with Gasteiger partial charge in [0.1, 0.15) is 0 Å². The first-order valence-electron chi connectivity index (χ1n) is 12.7. The molecule has 33 heavy (non-hydrogen) atoms. The van der Waals surface area contributed by atoms with Crippen molar-refractivity contribution >= 4 is 0 Å². The van der Waals surface area contributed by atoms with Gasteiger partial charge >= 0.3 is 0 Å². The molecule has 2 saturated heterocycles. The Morgan fingerprint density at radius 2 is 1.91 bits per heavy atom. The highest BCUT2D eigenvalue weighted by Crippen LogP contribution is 2.28. The number of nitrogens with zero attached hydrogens (tertiary/aromatic N) is 2. The molecule has 1 N–H and O–H groups in total. The summed E-state index contributed by atoms with van der Waals surface area (Å²) in [5, 5.41) is 9.87. The van der Waals surface area contributed by atoms with Crippen LogP contribution in [0.15, 0.2) is 47.6 Å². The third-order valence-corrected chi connectivity index (χ3v) is 6.77. The van der Waals surface area contributed by atoms with Gasteiger partial charge in [0.2, 0.25) is 0 Å². The molecule has 0 spiro atoms. The number of rotatable bonds is 15. The molecule has 5 atom stereocenters. The molecule has 0 aromatic carbocycles. The van der Waals surface area contributed by atoms with Crippen LogP contribution in [0.1, 0.15) is 32.6 Å². The predicted molar refractivity (Wildman–Crippen MR) is 131 cm³/mol. The van der Waals surface area contributed by atoms with E-state index in [0.29, 0.717) is 30.7 Å². The molecule has 0 bridgehead atoms. The van der Waals surface area contributed by atoms with Crippen LogP contribution in [0.3, 0.4) is 0 Å². The van der Waals surface area contributed by atoms with Crippen LogP contribution in [-0.4, -0.2) is 98.9 Å². The van der Waals surface area contributed by atoms with E-state index in [0.717, 1.165) is 71.7 Å². The number of ether oxygens (including phenoxy) is 3. The molecule has 6 heteroatoms. The molecule has 0 amide bonds. The summed E-state index contributed by atoms with van der Waals surface area (Å²) in [5.74, 6) is 0.542. The van der Waals surface area contributed by atoms with Crippen LogP contribution >= 0.6 is 0 Å². The lowest BCUT2D eigenvalue weighted by Gasteiger charge is -2.31. The van der Waals surface area contributed by atoms with Crippen LogP contribution in [0.25, 0.3) is 0 Å². The zero-order valence-corrected chi connectivity index (χ0v) is 20.4. The topological polar surface area (TPSA) is 61.0 Å². The SMILES string of the molecule is COCCCN(CC1CO1)C1C=CC(CC2C=C(CN(CC(C)O)CC3CO3)C=CC2)=CC1. The van der Waals surface area contributed by atoms with Gasteiger partial charge in [-0.15, -0.1) is 0 Å².